The summed E-state index contributed by atoms with van der Waals surface area (Å²) in [5, 5.41) is 11.7. The number of hydrogen-bond acceptors (Lipinski definition) is 2. The van der Waals surface area contributed by atoms with Crippen molar-refractivity contribution in [3.63, 3.8) is 0 Å². The second-order valence-electron chi connectivity index (χ2n) is 4.67. The van der Waals surface area contributed by atoms with Crippen LogP contribution < -0.4 is 5.32 Å². The number of hydrogen-bond donors (Lipinski definition) is 2. The van der Waals surface area contributed by atoms with E-state index < -0.39 is 12.0 Å². The standard InChI is InChI=1S/C14H19NO3/c1-8-5-6-9(2)12(7-8)10(3)13(14(17)18)15-11(4)16/h5-7,10,13H,1-4H3,(H,15,16)(H,17,18)/t10-,13-/m1/s1. The van der Waals surface area contributed by atoms with Crippen molar-refractivity contribution in [2.75, 3.05) is 0 Å². The first-order chi connectivity index (χ1) is 8.32. The summed E-state index contributed by atoms with van der Waals surface area (Å²) >= 11 is 0. The third kappa shape index (κ3) is 3.32. The molecule has 0 aliphatic heterocycles. The van der Waals surface area contributed by atoms with E-state index in [0.29, 0.717) is 0 Å². The molecule has 4 heteroatoms. The molecule has 0 aliphatic carbocycles. The van der Waals surface area contributed by atoms with E-state index in [1.54, 1.807) is 0 Å². The zero-order valence-electron chi connectivity index (χ0n) is 11.2. The summed E-state index contributed by atoms with van der Waals surface area (Å²) in [6.07, 6.45) is 0. The summed E-state index contributed by atoms with van der Waals surface area (Å²) in [5.74, 6) is -1.62. The van der Waals surface area contributed by atoms with Crippen molar-refractivity contribution in [2.24, 2.45) is 0 Å². The summed E-state index contributed by atoms with van der Waals surface area (Å²) in [6.45, 7) is 7.05. The lowest BCUT2D eigenvalue weighted by Gasteiger charge is -2.23. The van der Waals surface area contributed by atoms with E-state index in [1.807, 2.05) is 39.0 Å². The zero-order valence-corrected chi connectivity index (χ0v) is 11.2. The number of carbonyl (C=O) groups is 2. The van der Waals surface area contributed by atoms with Crippen LogP contribution in [0.3, 0.4) is 0 Å². The smallest absolute Gasteiger partial charge is 0.326 e. The maximum atomic E-state index is 11.2. The van der Waals surface area contributed by atoms with E-state index in [4.69, 9.17) is 0 Å². The summed E-state index contributed by atoms with van der Waals surface area (Å²) in [5.41, 5.74) is 3.07. The summed E-state index contributed by atoms with van der Waals surface area (Å²) in [4.78, 5) is 22.3. The SMILES string of the molecule is CC(=O)N[C@@H](C(=O)O)[C@H](C)c1cc(C)ccc1C. The highest BCUT2D eigenvalue weighted by molar-refractivity contribution is 5.83. The summed E-state index contributed by atoms with van der Waals surface area (Å²) in [6, 6.07) is 5.02. The van der Waals surface area contributed by atoms with Crippen molar-refractivity contribution in [3.05, 3.63) is 34.9 Å². The molecule has 1 rings (SSSR count). The second kappa shape index (κ2) is 5.67. The number of amides is 1. The maximum Gasteiger partial charge on any atom is 0.326 e. The van der Waals surface area contributed by atoms with Crippen LogP contribution >= 0.6 is 0 Å². The molecule has 0 fully saturated rings. The number of aliphatic carboxylic acids is 1. The molecule has 1 aromatic carbocycles. The predicted octanol–water partition coefficient (Wildman–Crippen LogP) is 2.00. The van der Waals surface area contributed by atoms with Gasteiger partial charge in [0.15, 0.2) is 0 Å². The molecule has 0 saturated heterocycles. The number of carbonyl (C=O) groups excluding carboxylic acids is 1. The highest BCUT2D eigenvalue weighted by atomic mass is 16.4. The Morgan fingerprint density at radius 3 is 2.39 bits per heavy atom. The first-order valence-corrected chi connectivity index (χ1v) is 5.90. The molecule has 2 N–H and O–H groups in total. The van der Waals surface area contributed by atoms with E-state index in [1.165, 1.54) is 6.92 Å². The van der Waals surface area contributed by atoms with Crippen LogP contribution in [0, 0.1) is 13.8 Å². The Morgan fingerprint density at radius 1 is 1.28 bits per heavy atom. The highest BCUT2D eigenvalue weighted by Gasteiger charge is 2.27. The molecule has 2 atom stereocenters. The van der Waals surface area contributed by atoms with E-state index >= 15 is 0 Å². The Kier molecular flexibility index (Phi) is 4.48. The molecule has 0 radical (unpaired) electrons. The fourth-order valence-corrected chi connectivity index (χ4v) is 2.05. The van der Waals surface area contributed by atoms with Crippen molar-refractivity contribution in [3.8, 4) is 0 Å². The molecule has 0 spiro atoms. The van der Waals surface area contributed by atoms with Crippen LogP contribution in [-0.4, -0.2) is 23.0 Å². The number of carboxylic acid groups (broad SMARTS) is 1. The average Bonchev–Trinajstić information content (AvgIpc) is 2.27. The molecule has 0 aromatic heterocycles. The molecule has 1 amide bonds. The maximum absolute atomic E-state index is 11.2. The molecular formula is C14H19NO3. The molecule has 0 aliphatic rings. The largest absolute Gasteiger partial charge is 0.480 e. The Labute approximate surface area is 107 Å². The van der Waals surface area contributed by atoms with E-state index in [2.05, 4.69) is 5.32 Å². The Morgan fingerprint density at radius 2 is 1.89 bits per heavy atom. The third-order valence-electron chi connectivity index (χ3n) is 3.05. The van der Waals surface area contributed by atoms with Gasteiger partial charge in [-0.05, 0) is 25.0 Å². The van der Waals surface area contributed by atoms with E-state index in [9.17, 15) is 14.7 Å². The molecule has 18 heavy (non-hydrogen) atoms. The molecule has 4 nitrogen and oxygen atoms in total. The van der Waals surface area contributed by atoms with Crippen molar-refractivity contribution in [2.45, 2.75) is 39.7 Å². The van der Waals surface area contributed by atoms with Gasteiger partial charge in [0.25, 0.3) is 0 Å². The van der Waals surface area contributed by atoms with Crippen LogP contribution in [0.15, 0.2) is 18.2 Å². The lowest BCUT2D eigenvalue weighted by Crippen LogP contribution is -2.43. The number of carboxylic acids is 1. The average molecular weight is 249 g/mol. The Bertz CT molecular complexity index is 468. The molecule has 0 heterocycles. The molecular weight excluding hydrogens is 230 g/mol. The fraction of sp³-hybridized carbons (Fsp3) is 0.429. The third-order valence-corrected chi connectivity index (χ3v) is 3.05. The first-order valence-electron chi connectivity index (χ1n) is 5.90. The Hall–Kier alpha value is -1.84. The summed E-state index contributed by atoms with van der Waals surface area (Å²) in [7, 11) is 0. The van der Waals surface area contributed by atoms with Gasteiger partial charge >= 0.3 is 5.97 Å². The van der Waals surface area contributed by atoms with Crippen LogP contribution in [0.25, 0.3) is 0 Å². The van der Waals surface area contributed by atoms with Crippen molar-refractivity contribution >= 4 is 11.9 Å². The number of benzene rings is 1. The van der Waals surface area contributed by atoms with Gasteiger partial charge in [0.2, 0.25) is 5.91 Å². The van der Waals surface area contributed by atoms with Gasteiger partial charge in [0.1, 0.15) is 6.04 Å². The lowest BCUT2D eigenvalue weighted by molar-refractivity contribution is -0.142. The lowest BCUT2D eigenvalue weighted by atomic mass is 9.89. The van der Waals surface area contributed by atoms with Crippen molar-refractivity contribution < 1.29 is 14.7 Å². The van der Waals surface area contributed by atoms with Gasteiger partial charge in [-0.3, -0.25) is 4.79 Å². The minimum absolute atomic E-state index is 0.272. The minimum atomic E-state index is -1.02. The van der Waals surface area contributed by atoms with Gasteiger partial charge in [0, 0.05) is 12.8 Å². The quantitative estimate of drug-likeness (QED) is 0.857. The van der Waals surface area contributed by atoms with Gasteiger partial charge < -0.3 is 10.4 Å². The molecule has 98 valence electrons. The first kappa shape index (κ1) is 14.2. The minimum Gasteiger partial charge on any atom is -0.480 e. The number of rotatable bonds is 4. The second-order valence-corrected chi connectivity index (χ2v) is 4.67. The van der Waals surface area contributed by atoms with Crippen molar-refractivity contribution in [1.29, 1.82) is 0 Å². The molecule has 0 saturated carbocycles. The van der Waals surface area contributed by atoms with E-state index in [0.717, 1.165) is 16.7 Å². The normalized spacial score (nSPS) is 13.8. The van der Waals surface area contributed by atoms with Gasteiger partial charge in [-0.2, -0.15) is 0 Å². The molecule has 0 unspecified atom stereocenters. The Balaban J connectivity index is 3.08. The number of aryl methyl sites for hydroxylation is 2. The van der Waals surface area contributed by atoms with Gasteiger partial charge in [-0.1, -0.05) is 30.7 Å². The van der Waals surface area contributed by atoms with Crippen LogP contribution in [-0.2, 0) is 9.59 Å². The van der Waals surface area contributed by atoms with E-state index in [-0.39, 0.29) is 11.8 Å². The topological polar surface area (TPSA) is 66.4 Å². The van der Waals surface area contributed by atoms with Crippen LogP contribution in [0.2, 0.25) is 0 Å². The highest BCUT2D eigenvalue weighted by Crippen LogP contribution is 2.24. The zero-order chi connectivity index (χ0) is 13.9. The van der Waals surface area contributed by atoms with Crippen LogP contribution in [0.5, 0.6) is 0 Å². The van der Waals surface area contributed by atoms with Gasteiger partial charge in [0.05, 0.1) is 0 Å². The van der Waals surface area contributed by atoms with Gasteiger partial charge in [-0.25, -0.2) is 4.79 Å². The van der Waals surface area contributed by atoms with Gasteiger partial charge in [-0.15, -0.1) is 0 Å². The fourth-order valence-electron chi connectivity index (χ4n) is 2.05. The van der Waals surface area contributed by atoms with Crippen molar-refractivity contribution in [1.82, 2.24) is 5.32 Å². The van der Waals surface area contributed by atoms with Crippen LogP contribution in [0.4, 0.5) is 0 Å². The summed E-state index contributed by atoms with van der Waals surface area (Å²) < 4.78 is 0. The monoisotopic (exact) mass is 249 g/mol. The molecule has 1 aromatic rings. The molecule has 0 bridgehead atoms. The number of nitrogens with one attached hydrogen (secondary N) is 1. The van der Waals surface area contributed by atoms with Crippen LogP contribution in [0.1, 0.15) is 36.5 Å². The predicted molar refractivity (Wildman–Crippen MR) is 69.6 cm³/mol.